The van der Waals surface area contributed by atoms with Gasteiger partial charge in [0.05, 0.1) is 6.33 Å². The van der Waals surface area contributed by atoms with Crippen molar-refractivity contribution in [3.05, 3.63) is 18.2 Å². The van der Waals surface area contributed by atoms with Crippen molar-refractivity contribution >= 4 is 5.78 Å². The standard InChI is InChI=1S/C8H12N2O.C2H6/c1-6(7(2)11)3-8-4-9-5-10-8;1-2/h4-6H,3H2,1-2H3,(H,9,10);1-2H3. The van der Waals surface area contributed by atoms with Crippen LogP contribution in [0.1, 0.15) is 33.4 Å². The van der Waals surface area contributed by atoms with E-state index in [0.29, 0.717) is 0 Å². The van der Waals surface area contributed by atoms with E-state index in [1.165, 1.54) is 0 Å². The molecule has 0 saturated heterocycles. The Kier molecular flexibility index (Phi) is 5.85. The molecule has 0 aliphatic carbocycles. The molecule has 0 saturated carbocycles. The summed E-state index contributed by atoms with van der Waals surface area (Å²) in [6.45, 7) is 7.53. The topological polar surface area (TPSA) is 45.8 Å². The van der Waals surface area contributed by atoms with Crippen LogP contribution in [0.4, 0.5) is 0 Å². The zero-order chi connectivity index (χ0) is 10.3. The lowest BCUT2D eigenvalue weighted by Gasteiger charge is -2.03. The Labute approximate surface area is 79.6 Å². The van der Waals surface area contributed by atoms with E-state index in [1.54, 1.807) is 19.4 Å². The minimum Gasteiger partial charge on any atom is -0.348 e. The number of rotatable bonds is 3. The van der Waals surface area contributed by atoms with Gasteiger partial charge in [-0.2, -0.15) is 0 Å². The lowest BCUT2D eigenvalue weighted by molar-refractivity contribution is -0.120. The van der Waals surface area contributed by atoms with Gasteiger partial charge in [-0.3, -0.25) is 4.79 Å². The van der Waals surface area contributed by atoms with E-state index in [9.17, 15) is 4.79 Å². The molecule has 0 spiro atoms. The first-order chi connectivity index (χ1) is 6.20. The second-order valence-electron chi connectivity index (χ2n) is 2.79. The Bertz CT molecular complexity index is 229. The van der Waals surface area contributed by atoms with Crippen LogP contribution in [0.2, 0.25) is 0 Å². The number of Topliss-reactive ketones (excluding diaryl/α,β-unsaturated/α-hetero) is 1. The van der Waals surface area contributed by atoms with Crippen molar-refractivity contribution in [1.29, 1.82) is 0 Å². The van der Waals surface area contributed by atoms with Gasteiger partial charge in [0, 0.05) is 17.8 Å². The molecule has 0 aromatic carbocycles. The number of nitrogens with one attached hydrogen (secondary N) is 1. The second-order valence-corrected chi connectivity index (χ2v) is 2.79. The van der Waals surface area contributed by atoms with Crippen LogP contribution in [0.15, 0.2) is 12.5 Å². The summed E-state index contributed by atoms with van der Waals surface area (Å²) in [5.41, 5.74) is 1.02. The smallest absolute Gasteiger partial charge is 0.133 e. The SMILES string of the molecule is CC.CC(=O)C(C)Cc1cnc[nH]1. The third kappa shape index (κ3) is 4.45. The third-order valence-corrected chi connectivity index (χ3v) is 1.77. The number of hydrogen-bond acceptors (Lipinski definition) is 2. The molecule has 3 nitrogen and oxygen atoms in total. The van der Waals surface area contributed by atoms with Gasteiger partial charge in [0.2, 0.25) is 0 Å². The molecule has 1 rings (SSSR count). The Morgan fingerprint density at radius 1 is 1.62 bits per heavy atom. The van der Waals surface area contributed by atoms with E-state index in [2.05, 4.69) is 9.97 Å². The number of carbonyl (C=O) groups excluding carboxylic acids is 1. The molecule has 0 aliphatic heterocycles. The Hall–Kier alpha value is -1.12. The van der Waals surface area contributed by atoms with Gasteiger partial charge in [-0.05, 0) is 13.3 Å². The summed E-state index contributed by atoms with van der Waals surface area (Å²) in [7, 11) is 0. The number of aromatic amines is 1. The number of carbonyl (C=O) groups is 1. The van der Waals surface area contributed by atoms with Crippen LogP contribution in [0.5, 0.6) is 0 Å². The van der Waals surface area contributed by atoms with Gasteiger partial charge in [0.15, 0.2) is 0 Å². The van der Waals surface area contributed by atoms with Crippen LogP contribution in [-0.2, 0) is 11.2 Å². The summed E-state index contributed by atoms with van der Waals surface area (Å²) >= 11 is 0. The molecule has 0 radical (unpaired) electrons. The highest BCUT2D eigenvalue weighted by Crippen LogP contribution is 2.04. The number of aromatic nitrogens is 2. The molecule has 1 aromatic rings. The van der Waals surface area contributed by atoms with Crippen molar-refractivity contribution in [2.75, 3.05) is 0 Å². The van der Waals surface area contributed by atoms with Crippen molar-refractivity contribution in [3.8, 4) is 0 Å². The van der Waals surface area contributed by atoms with Crippen molar-refractivity contribution in [2.24, 2.45) is 5.92 Å². The number of hydrogen-bond donors (Lipinski definition) is 1. The van der Waals surface area contributed by atoms with E-state index < -0.39 is 0 Å². The Morgan fingerprint density at radius 2 is 2.23 bits per heavy atom. The molecule has 0 bridgehead atoms. The maximum Gasteiger partial charge on any atom is 0.133 e. The van der Waals surface area contributed by atoms with Crippen LogP contribution in [0, 0.1) is 5.92 Å². The molecule has 1 unspecified atom stereocenters. The predicted octanol–water partition coefficient (Wildman–Crippen LogP) is 2.20. The molecule has 1 heterocycles. The van der Waals surface area contributed by atoms with E-state index >= 15 is 0 Å². The first-order valence-electron chi connectivity index (χ1n) is 4.68. The van der Waals surface area contributed by atoms with Crippen LogP contribution in [-0.4, -0.2) is 15.8 Å². The molecule has 0 aliphatic rings. The minimum atomic E-state index is 0.0930. The van der Waals surface area contributed by atoms with Gasteiger partial charge in [-0.15, -0.1) is 0 Å². The largest absolute Gasteiger partial charge is 0.348 e. The fourth-order valence-corrected chi connectivity index (χ4v) is 0.870. The molecule has 1 atom stereocenters. The number of nitrogens with zero attached hydrogens (tertiary/aromatic N) is 1. The zero-order valence-corrected chi connectivity index (χ0v) is 8.79. The van der Waals surface area contributed by atoms with Gasteiger partial charge in [0.25, 0.3) is 0 Å². The fraction of sp³-hybridized carbons (Fsp3) is 0.600. The van der Waals surface area contributed by atoms with Gasteiger partial charge < -0.3 is 4.98 Å². The molecular weight excluding hydrogens is 164 g/mol. The molecule has 1 aromatic heterocycles. The molecule has 13 heavy (non-hydrogen) atoms. The summed E-state index contributed by atoms with van der Waals surface area (Å²) in [5.74, 6) is 0.315. The molecule has 3 heteroatoms. The normalized spacial score (nSPS) is 11.4. The monoisotopic (exact) mass is 182 g/mol. The lowest BCUT2D eigenvalue weighted by atomic mass is 10.0. The second kappa shape index (κ2) is 6.40. The lowest BCUT2D eigenvalue weighted by Crippen LogP contribution is -2.09. The Morgan fingerprint density at radius 3 is 2.62 bits per heavy atom. The summed E-state index contributed by atoms with van der Waals surface area (Å²) in [4.78, 5) is 17.7. The van der Waals surface area contributed by atoms with Crippen molar-refractivity contribution < 1.29 is 4.79 Å². The average Bonchev–Trinajstić information content (AvgIpc) is 2.60. The fourth-order valence-electron chi connectivity index (χ4n) is 0.870. The van der Waals surface area contributed by atoms with E-state index in [-0.39, 0.29) is 11.7 Å². The first-order valence-corrected chi connectivity index (χ1v) is 4.68. The number of H-pyrrole nitrogens is 1. The molecule has 0 fully saturated rings. The highest BCUT2D eigenvalue weighted by atomic mass is 16.1. The van der Waals surface area contributed by atoms with Crippen LogP contribution in [0.25, 0.3) is 0 Å². The zero-order valence-electron chi connectivity index (χ0n) is 8.79. The van der Waals surface area contributed by atoms with Crippen molar-refractivity contribution in [2.45, 2.75) is 34.1 Å². The first kappa shape index (κ1) is 11.9. The third-order valence-electron chi connectivity index (χ3n) is 1.77. The van der Waals surface area contributed by atoms with E-state index in [1.807, 2.05) is 20.8 Å². The summed E-state index contributed by atoms with van der Waals surface area (Å²) in [5, 5.41) is 0. The summed E-state index contributed by atoms with van der Waals surface area (Å²) in [6.07, 6.45) is 4.14. The Balaban J connectivity index is 0.000000671. The van der Waals surface area contributed by atoms with Crippen molar-refractivity contribution in [3.63, 3.8) is 0 Å². The van der Waals surface area contributed by atoms with Crippen LogP contribution >= 0.6 is 0 Å². The number of imidazole rings is 1. The minimum absolute atomic E-state index is 0.0930. The number of ketones is 1. The quantitative estimate of drug-likeness (QED) is 0.779. The van der Waals surface area contributed by atoms with Gasteiger partial charge in [0.1, 0.15) is 5.78 Å². The van der Waals surface area contributed by atoms with Gasteiger partial charge >= 0.3 is 0 Å². The average molecular weight is 182 g/mol. The maximum atomic E-state index is 10.8. The van der Waals surface area contributed by atoms with Crippen molar-refractivity contribution in [1.82, 2.24) is 9.97 Å². The molecule has 0 amide bonds. The molecule has 74 valence electrons. The van der Waals surface area contributed by atoms with Gasteiger partial charge in [-0.25, -0.2) is 4.98 Å². The predicted molar refractivity (Wildman–Crippen MR) is 53.5 cm³/mol. The summed E-state index contributed by atoms with van der Waals surface area (Å²) in [6, 6.07) is 0. The highest BCUT2D eigenvalue weighted by Gasteiger charge is 2.08. The highest BCUT2D eigenvalue weighted by molar-refractivity contribution is 5.78. The molecule has 1 N–H and O–H groups in total. The van der Waals surface area contributed by atoms with Crippen LogP contribution in [0.3, 0.4) is 0 Å². The van der Waals surface area contributed by atoms with Gasteiger partial charge in [-0.1, -0.05) is 20.8 Å². The summed E-state index contributed by atoms with van der Waals surface area (Å²) < 4.78 is 0. The van der Waals surface area contributed by atoms with Crippen LogP contribution < -0.4 is 0 Å². The van der Waals surface area contributed by atoms with E-state index in [0.717, 1.165) is 12.1 Å². The maximum absolute atomic E-state index is 10.8. The van der Waals surface area contributed by atoms with E-state index in [4.69, 9.17) is 0 Å². The molecular formula is C10H18N2O.